The van der Waals surface area contributed by atoms with E-state index in [0.717, 1.165) is 12.8 Å². The first-order valence-corrected chi connectivity index (χ1v) is 3.18. The number of carboxylic acids is 1. The third-order valence-corrected chi connectivity index (χ3v) is 1.82. The molecule has 1 aliphatic rings. The molecule has 0 spiro atoms. The van der Waals surface area contributed by atoms with E-state index in [4.69, 9.17) is 10.8 Å². The number of nitrogens with two attached hydrogens (primary N) is 1. The van der Waals surface area contributed by atoms with Crippen LogP contribution < -0.4 is 5.73 Å². The Kier molecular flexibility index (Phi) is 1.71. The predicted molar refractivity (Wildman–Crippen MR) is 33.0 cm³/mol. The summed E-state index contributed by atoms with van der Waals surface area (Å²) >= 11 is 0. The molecule has 1 rings (SSSR count). The fourth-order valence-corrected chi connectivity index (χ4v) is 1.24. The number of hydrogen-bond donors (Lipinski definition) is 2. The van der Waals surface area contributed by atoms with Gasteiger partial charge in [-0.3, -0.25) is 4.79 Å². The summed E-state index contributed by atoms with van der Waals surface area (Å²) in [4.78, 5) is 10.3. The lowest BCUT2D eigenvalue weighted by molar-refractivity contribution is -0.141. The van der Waals surface area contributed by atoms with E-state index in [-0.39, 0.29) is 12.0 Å². The Balaban J connectivity index is 2.39. The smallest absolute Gasteiger partial charge is 0.306 e. The minimum atomic E-state index is -0.692. The van der Waals surface area contributed by atoms with Crippen LogP contribution in [0.3, 0.4) is 0 Å². The van der Waals surface area contributed by atoms with Crippen molar-refractivity contribution in [2.45, 2.75) is 25.3 Å². The van der Waals surface area contributed by atoms with Crippen molar-refractivity contribution in [1.29, 1.82) is 0 Å². The summed E-state index contributed by atoms with van der Waals surface area (Å²) in [6, 6.07) is 0.131. The highest BCUT2D eigenvalue weighted by atomic mass is 16.4. The van der Waals surface area contributed by atoms with E-state index >= 15 is 0 Å². The molecule has 3 N–H and O–H groups in total. The predicted octanol–water partition coefficient (Wildman–Crippen LogP) is 0.198. The summed E-state index contributed by atoms with van der Waals surface area (Å²) < 4.78 is 0. The summed E-state index contributed by atoms with van der Waals surface area (Å²) in [5, 5.41) is 8.48. The van der Waals surface area contributed by atoms with E-state index in [2.05, 4.69) is 0 Å². The van der Waals surface area contributed by atoms with Crippen LogP contribution in [0.2, 0.25) is 0 Å². The van der Waals surface area contributed by atoms with Crippen molar-refractivity contribution >= 4 is 5.97 Å². The molecule has 3 nitrogen and oxygen atoms in total. The van der Waals surface area contributed by atoms with Gasteiger partial charge < -0.3 is 10.8 Å². The van der Waals surface area contributed by atoms with E-state index in [1.807, 2.05) is 0 Å². The first kappa shape index (κ1) is 6.55. The van der Waals surface area contributed by atoms with Gasteiger partial charge in [0.2, 0.25) is 0 Å². The monoisotopic (exact) mass is 129 g/mol. The summed E-state index contributed by atoms with van der Waals surface area (Å²) in [6.45, 7) is 0. The van der Waals surface area contributed by atoms with Crippen molar-refractivity contribution in [3.05, 3.63) is 0 Å². The normalized spacial score (nSPS) is 34.8. The molecule has 0 radical (unpaired) electrons. The van der Waals surface area contributed by atoms with Gasteiger partial charge in [-0.1, -0.05) is 0 Å². The second-order valence-electron chi connectivity index (χ2n) is 2.61. The van der Waals surface area contributed by atoms with Gasteiger partial charge in [0.15, 0.2) is 0 Å². The minimum Gasteiger partial charge on any atom is -0.481 e. The zero-order chi connectivity index (χ0) is 6.85. The van der Waals surface area contributed by atoms with E-state index in [9.17, 15) is 4.79 Å². The Morgan fingerprint density at radius 3 is 2.44 bits per heavy atom. The van der Waals surface area contributed by atoms with E-state index in [1.165, 1.54) is 0 Å². The Bertz CT molecular complexity index is 124. The molecule has 1 aliphatic carbocycles. The summed E-state index contributed by atoms with van der Waals surface area (Å²) in [5.41, 5.74) is 5.50. The molecule has 52 valence electrons. The van der Waals surface area contributed by atoms with Crippen LogP contribution in [0, 0.1) is 5.92 Å². The molecule has 0 amide bonds. The molecule has 0 aromatic heterocycles. The molecule has 0 unspecified atom stereocenters. The van der Waals surface area contributed by atoms with Crippen molar-refractivity contribution in [2.75, 3.05) is 0 Å². The largest absolute Gasteiger partial charge is 0.481 e. The molecule has 0 saturated heterocycles. The second kappa shape index (κ2) is 2.35. The van der Waals surface area contributed by atoms with Gasteiger partial charge in [0.1, 0.15) is 0 Å². The maximum absolute atomic E-state index is 10.3. The molecule has 1 fully saturated rings. The van der Waals surface area contributed by atoms with Crippen LogP contribution in [0.5, 0.6) is 0 Å². The molecular weight excluding hydrogens is 118 g/mol. The second-order valence-corrected chi connectivity index (χ2v) is 2.61. The van der Waals surface area contributed by atoms with Gasteiger partial charge in [-0.05, 0) is 19.3 Å². The van der Waals surface area contributed by atoms with Gasteiger partial charge in [0.25, 0.3) is 0 Å². The van der Waals surface area contributed by atoms with Crippen LogP contribution in [0.1, 0.15) is 19.3 Å². The molecule has 9 heavy (non-hydrogen) atoms. The fourth-order valence-electron chi connectivity index (χ4n) is 1.24. The lowest BCUT2D eigenvalue weighted by Crippen LogP contribution is -2.17. The van der Waals surface area contributed by atoms with Crippen LogP contribution in [0.25, 0.3) is 0 Å². The maximum Gasteiger partial charge on any atom is 0.306 e. The number of carboxylic acid groups (broad SMARTS) is 1. The van der Waals surface area contributed by atoms with Crippen LogP contribution in [0.4, 0.5) is 0 Å². The van der Waals surface area contributed by atoms with Crippen LogP contribution in [-0.4, -0.2) is 17.1 Å². The molecular formula is C6H11NO2. The van der Waals surface area contributed by atoms with Crippen molar-refractivity contribution < 1.29 is 9.90 Å². The van der Waals surface area contributed by atoms with Gasteiger partial charge in [-0.25, -0.2) is 0 Å². The van der Waals surface area contributed by atoms with E-state index < -0.39 is 5.97 Å². The van der Waals surface area contributed by atoms with Crippen molar-refractivity contribution in [3.63, 3.8) is 0 Å². The topological polar surface area (TPSA) is 63.3 Å². The van der Waals surface area contributed by atoms with Crippen molar-refractivity contribution in [1.82, 2.24) is 0 Å². The van der Waals surface area contributed by atoms with Crippen LogP contribution >= 0.6 is 0 Å². The standard InChI is InChI=1S/C6H11NO2/c7-5-2-1-4(3-5)6(8)9/h4-5H,1-3,7H2,(H,8,9)/t4-,5-/m0/s1. The highest BCUT2D eigenvalue weighted by Gasteiger charge is 2.26. The highest BCUT2D eigenvalue weighted by Crippen LogP contribution is 2.23. The van der Waals surface area contributed by atoms with Gasteiger partial charge in [0, 0.05) is 6.04 Å². The lowest BCUT2D eigenvalue weighted by Gasteiger charge is -1.99. The molecule has 0 heterocycles. The molecule has 3 heteroatoms. The molecule has 2 atom stereocenters. The van der Waals surface area contributed by atoms with Crippen LogP contribution in [0.15, 0.2) is 0 Å². The number of aliphatic carboxylic acids is 1. The SMILES string of the molecule is N[C@H]1CC[C@H](C(=O)O)C1. The van der Waals surface area contributed by atoms with Crippen LogP contribution in [-0.2, 0) is 4.79 Å². The Morgan fingerprint density at radius 1 is 1.56 bits per heavy atom. The average molecular weight is 129 g/mol. The van der Waals surface area contributed by atoms with E-state index in [1.54, 1.807) is 0 Å². The highest BCUT2D eigenvalue weighted by molar-refractivity contribution is 5.70. The van der Waals surface area contributed by atoms with Gasteiger partial charge in [0.05, 0.1) is 5.92 Å². The third kappa shape index (κ3) is 1.42. The van der Waals surface area contributed by atoms with Crippen molar-refractivity contribution in [3.8, 4) is 0 Å². The molecule has 0 aromatic carbocycles. The summed E-state index contributed by atoms with van der Waals surface area (Å²) in [7, 11) is 0. The summed E-state index contributed by atoms with van der Waals surface area (Å²) in [6.07, 6.45) is 2.29. The Hall–Kier alpha value is -0.570. The quantitative estimate of drug-likeness (QED) is 0.531. The molecule has 1 saturated carbocycles. The first-order valence-electron chi connectivity index (χ1n) is 3.18. The zero-order valence-corrected chi connectivity index (χ0v) is 5.21. The van der Waals surface area contributed by atoms with Gasteiger partial charge >= 0.3 is 5.97 Å². The van der Waals surface area contributed by atoms with E-state index in [0.29, 0.717) is 6.42 Å². The average Bonchev–Trinajstić information content (AvgIpc) is 2.14. The Labute approximate surface area is 53.9 Å². The number of carbonyl (C=O) groups is 1. The molecule has 0 bridgehead atoms. The summed E-state index contributed by atoms with van der Waals surface area (Å²) in [5.74, 6) is -0.858. The van der Waals surface area contributed by atoms with Crippen molar-refractivity contribution in [2.24, 2.45) is 11.7 Å². The first-order chi connectivity index (χ1) is 4.20. The van der Waals surface area contributed by atoms with Gasteiger partial charge in [-0.15, -0.1) is 0 Å². The Morgan fingerprint density at radius 2 is 2.22 bits per heavy atom. The number of rotatable bonds is 1. The lowest BCUT2D eigenvalue weighted by atomic mass is 10.1. The minimum absolute atomic E-state index is 0.131. The molecule has 0 aliphatic heterocycles. The maximum atomic E-state index is 10.3. The fraction of sp³-hybridized carbons (Fsp3) is 0.833. The molecule has 0 aromatic rings. The zero-order valence-electron chi connectivity index (χ0n) is 5.21. The number of hydrogen-bond acceptors (Lipinski definition) is 2. The van der Waals surface area contributed by atoms with Gasteiger partial charge in [-0.2, -0.15) is 0 Å². The third-order valence-electron chi connectivity index (χ3n) is 1.82.